The summed E-state index contributed by atoms with van der Waals surface area (Å²) >= 11 is 0. The molecule has 0 unspecified atom stereocenters. The van der Waals surface area contributed by atoms with Gasteiger partial charge in [0.05, 0.1) is 30.8 Å². The number of carbonyl (C=O) groups is 1. The zero-order chi connectivity index (χ0) is 24.9. The van der Waals surface area contributed by atoms with Crippen LogP contribution in [0.5, 0.6) is 0 Å². The number of halogens is 1. The molecule has 0 aliphatic carbocycles. The number of anilines is 1. The maximum atomic E-state index is 13.7. The summed E-state index contributed by atoms with van der Waals surface area (Å²) in [5.74, 6) is -0.527. The van der Waals surface area contributed by atoms with Crippen molar-refractivity contribution >= 4 is 28.1 Å². The van der Waals surface area contributed by atoms with Crippen LogP contribution >= 0.6 is 0 Å². The monoisotopic (exact) mass is 476 g/mol. The molecule has 6 heteroatoms. The molecule has 0 saturated carbocycles. The van der Waals surface area contributed by atoms with Gasteiger partial charge in [0.15, 0.2) is 0 Å². The van der Waals surface area contributed by atoms with E-state index in [9.17, 15) is 9.18 Å². The average molecular weight is 477 g/mol. The number of fused-ring (bicyclic) bond motifs is 1. The van der Waals surface area contributed by atoms with E-state index in [0.717, 1.165) is 27.6 Å². The number of benzene rings is 4. The van der Waals surface area contributed by atoms with Crippen molar-refractivity contribution in [1.29, 1.82) is 5.26 Å². The van der Waals surface area contributed by atoms with Crippen LogP contribution in [-0.2, 0) is 4.79 Å². The van der Waals surface area contributed by atoms with Crippen molar-refractivity contribution in [3.63, 3.8) is 0 Å². The van der Waals surface area contributed by atoms with E-state index in [1.807, 2.05) is 42.5 Å². The zero-order valence-corrected chi connectivity index (χ0v) is 19.7. The Hall–Kier alpha value is -4.50. The van der Waals surface area contributed by atoms with Crippen LogP contribution in [-0.4, -0.2) is 29.7 Å². The van der Waals surface area contributed by atoms with Gasteiger partial charge in [-0.15, -0.1) is 0 Å². The van der Waals surface area contributed by atoms with Gasteiger partial charge in [0.1, 0.15) is 5.82 Å². The van der Waals surface area contributed by atoms with Crippen LogP contribution in [0.2, 0.25) is 0 Å². The second-order valence-electron chi connectivity index (χ2n) is 8.78. The Bertz CT molecular complexity index is 1440. The van der Waals surface area contributed by atoms with Gasteiger partial charge in [-0.2, -0.15) is 10.4 Å². The molecule has 1 amide bonds. The predicted molar refractivity (Wildman–Crippen MR) is 140 cm³/mol. The van der Waals surface area contributed by atoms with Gasteiger partial charge in [0.25, 0.3) is 5.91 Å². The molecule has 0 aromatic heterocycles. The van der Waals surface area contributed by atoms with Gasteiger partial charge in [-0.1, -0.05) is 66.7 Å². The Balaban J connectivity index is 1.46. The summed E-state index contributed by atoms with van der Waals surface area (Å²) in [6.07, 6.45) is 0.848. The zero-order valence-electron chi connectivity index (χ0n) is 19.7. The van der Waals surface area contributed by atoms with Crippen LogP contribution in [0.4, 0.5) is 10.1 Å². The highest BCUT2D eigenvalue weighted by Crippen LogP contribution is 2.33. The van der Waals surface area contributed by atoms with Crippen LogP contribution in [0, 0.1) is 17.1 Å². The lowest BCUT2D eigenvalue weighted by Crippen LogP contribution is -2.38. The molecule has 0 fully saturated rings. The second kappa shape index (κ2) is 10.4. The van der Waals surface area contributed by atoms with Crippen molar-refractivity contribution < 1.29 is 9.18 Å². The minimum Gasteiger partial charge on any atom is -0.361 e. The third-order valence-electron chi connectivity index (χ3n) is 6.44. The Labute approximate surface area is 209 Å². The summed E-state index contributed by atoms with van der Waals surface area (Å²) < 4.78 is 13.5. The number of amides is 1. The fourth-order valence-electron chi connectivity index (χ4n) is 4.59. The second-order valence-corrected chi connectivity index (χ2v) is 8.78. The normalized spacial score (nSPS) is 14.9. The van der Waals surface area contributed by atoms with Gasteiger partial charge < -0.3 is 4.90 Å². The first-order valence-corrected chi connectivity index (χ1v) is 11.9. The van der Waals surface area contributed by atoms with Crippen molar-refractivity contribution in [3.8, 4) is 6.07 Å². The molecular formula is C30H25FN4O. The smallest absolute Gasteiger partial charge is 0.262 e. The lowest BCUT2D eigenvalue weighted by molar-refractivity contribution is -0.131. The third-order valence-corrected chi connectivity index (χ3v) is 6.44. The number of nitriles is 1. The summed E-state index contributed by atoms with van der Waals surface area (Å²) in [7, 11) is 0. The van der Waals surface area contributed by atoms with Crippen LogP contribution in [0.15, 0.2) is 102 Å². The van der Waals surface area contributed by atoms with Crippen LogP contribution in [0.1, 0.15) is 30.0 Å². The molecule has 0 N–H and O–H groups in total. The molecule has 0 bridgehead atoms. The SMILES string of the molecule is N#CCCN(CC(=O)N1N=C(c2ccc3ccccc3c2)C[C@H]1c1ccccc1)c1ccc(F)cc1. The molecule has 1 aliphatic rings. The quantitative estimate of drug-likeness (QED) is 0.325. The molecule has 0 radical (unpaired) electrons. The van der Waals surface area contributed by atoms with E-state index >= 15 is 0 Å². The molecule has 178 valence electrons. The van der Waals surface area contributed by atoms with E-state index in [1.165, 1.54) is 12.1 Å². The molecule has 36 heavy (non-hydrogen) atoms. The lowest BCUT2D eigenvalue weighted by Gasteiger charge is -2.28. The largest absolute Gasteiger partial charge is 0.361 e. The molecule has 5 rings (SSSR count). The van der Waals surface area contributed by atoms with Gasteiger partial charge in [-0.05, 0) is 52.2 Å². The fourth-order valence-corrected chi connectivity index (χ4v) is 4.59. The number of carbonyl (C=O) groups excluding carboxylic acids is 1. The maximum Gasteiger partial charge on any atom is 0.262 e. The molecule has 0 spiro atoms. The van der Waals surface area contributed by atoms with Gasteiger partial charge in [-0.3, -0.25) is 4.79 Å². The highest BCUT2D eigenvalue weighted by atomic mass is 19.1. The standard InChI is InChI=1S/C30H25FN4O/c31-26-13-15-27(16-14-26)34(18-6-17-32)21-30(36)35-29(23-8-2-1-3-9-23)20-28(33-35)25-12-11-22-7-4-5-10-24(22)19-25/h1-5,7-16,19,29H,6,18,20-21H2/t29-/m0/s1. The topological polar surface area (TPSA) is 59.7 Å². The minimum atomic E-state index is -0.348. The average Bonchev–Trinajstić information content (AvgIpc) is 3.37. The summed E-state index contributed by atoms with van der Waals surface area (Å²) in [5, 5.41) is 17.8. The van der Waals surface area contributed by atoms with Gasteiger partial charge in [-0.25, -0.2) is 9.40 Å². The molecule has 4 aromatic carbocycles. The predicted octanol–water partition coefficient (Wildman–Crippen LogP) is 6.08. The summed E-state index contributed by atoms with van der Waals surface area (Å²) in [6, 6.07) is 32.2. The number of hydrogen-bond donors (Lipinski definition) is 0. The van der Waals surface area contributed by atoms with Crippen LogP contribution < -0.4 is 4.90 Å². The van der Waals surface area contributed by atoms with E-state index in [0.29, 0.717) is 18.7 Å². The Morgan fingerprint density at radius 3 is 2.44 bits per heavy atom. The number of rotatable bonds is 7. The van der Waals surface area contributed by atoms with E-state index in [1.54, 1.807) is 22.0 Å². The molecule has 5 nitrogen and oxygen atoms in total. The molecule has 1 aliphatic heterocycles. The molecule has 1 heterocycles. The summed E-state index contributed by atoms with van der Waals surface area (Å²) in [4.78, 5) is 15.5. The minimum absolute atomic E-state index is 0.0329. The third kappa shape index (κ3) is 4.96. The van der Waals surface area contributed by atoms with Crippen molar-refractivity contribution in [2.75, 3.05) is 18.0 Å². The van der Waals surface area contributed by atoms with Crippen molar-refractivity contribution in [3.05, 3.63) is 114 Å². The Morgan fingerprint density at radius 1 is 0.972 bits per heavy atom. The van der Waals surface area contributed by atoms with E-state index in [4.69, 9.17) is 10.4 Å². The first-order valence-electron chi connectivity index (χ1n) is 11.9. The van der Waals surface area contributed by atoms with E-state index in [2.05, 4.69) is 36.4 Å². The van der Waals surface area contributed by atoms with Crippen molar-refractivity contribution in [2.45, 2.75) is 18.9 Å². The highest BCUT2D eigenvalue weighted by molar-refractivity contribution is 6.05. The van der Waals surface area contributed by atoms with E-state index < -0.39 is 0 Å². The van der Waals surface area contributed by atoms with Crippen molar-refractivity contribution in [2.24, 2.45) is 5.10 Å². The first kappa shape index (κ1) is 23.3. The van der Waals surface area contributed by atoms with E-state index in [-0.39, 0.29) is 30.7 Å². The first-order chi connectivity index (χ1) is 17.6. The van der Waals surface area contributed by atoms with Gasteiger partial charge in [0, 0.05) is 18.7 Å². The molecule has 1 atom stereocenters. The Morgan fingerprint density at radius 2 is 1.69 bits per heavy atom. The maximum absolute atomic E-state index is 13.7. The van der Waals surface area contributed by atoms with Gasteiger partial charge >= 0.3 is 0 Å². The van der Waals surface area contributed by atoms with Crippen molar-refractivity contribution in [1.82, 2.24) is 5.01 Å². The van der Waals surface area contributed by atoms with Gasteiger partial charge in [0.2, 0.25) is 0 Å². The van der Waals surface area contributed by atoms with Crippen LogP contribution in [0.3, 0.4) is 0 Å². The molecule has 0 saturated heterocycles. The molecule has 4 aromatic rings. The Kier molecular flexibility index (Phi) is 6.72. The summed E-state index contributed by atoms with van der Waals surface area (Å²) in [6.45, 7) is 0.393. The fraction of sp³-hybridized carbons (Fsp3) is 0.167. The summed E-state index contributed by atoms with van der Waals surface area (Å²) in [5.41, 5.74) is 3.54. The lowest BCUT2D eigenvalue weighted by atomic mass is 9.97. The van der Waals surface area contributed by atoms with Crippen LogP contribution in [0.25, 0.3) is 10.8 Å². The number of nitrogens with zero attached hydrogens (tertiary/aromatic N) is 4. The highest BCUT2D eigenvalue weighted by Gasteiger charge is 2.33. The number of hydrazone groups is 1. The molecular weight excluding hydrogens is 451 g/mol. The number of hydrogen-bond acceptors (Lipinski definition) is 4.